The Kier molecular flexibility index (Phi) is 6.23. The van der Waals surface area contributed by atoms with E-state index in [0.717, 1.165) is 29.6 Å². The van der Waals surface area contributed by atoms with Gasteiger partial charge in [-0.1, -0.05) is 67.9 Å². The van der Waals surface area contributed by atoms with Crippen LogP contribution in [0.3, 0.4) is 0 Å². The van der Waals surface area contributed by atoms with Crippen molar-refractivity contribution in [3.8, 4) is 28.2 Å². The fraction of sp³-hybridized carbons (Fsp3) is 0.125. The fourth-order valence-corrected chi connectivity index (χ4v) is 6.83. The first-order valence-corrected chi connectivity index (χ1v) is 15.4. The van der Waals surface area contributed by atoms with E-state index in [9.17, 15) is 0 Å². The number of hydrogen-bond donors (Lipinski definition) is 0. The molecule has 0 saturated carbocycles. The van der Waals surface area contributed by atoms with E-state index in [1.807, 2.05) is 6.33 Å². The molecule has 8 rings (SSSR count). The molecule has 0 atom stereocenters. The van der Waals surface area contributed by atoms with Gasteiger partial charge >= 0.3 is 0 Å². The van der Waals surface area contributed by atoms with Crippen LogP contribution in [0.5, 0.6) is 0 Å². The molecule has 0 aliphatic rings. The Morgan fingerprint density at radius 2 is 1.16 bits per heavy atom. The Morgan fingerprint density at radius 1 is 0.568 bits per heavy atom. The van der Waals surface area contributed by atoms with Crippen LogP contribution in [0.4, 0.5) is 0 Å². The minimum absolute atomic E-state index is 1.01. The predicted octanol–water partition coefficient (Wildman–Crippen LogP) is 10.1. The zero-order chi connectivity index (χ0) is 29.8. The summed E-state index contributed by atoms with van der Waals surface area (Å²) in [6.07, 6.45) is 8.47. The van der Waals surface area contributed by atoms with Gasteiger partial charge in [-0.3, -0.25) is 4.57 Å². The molecular weight excluding hydrogens is 536 g/mol. The number of aromatic nitrogens is 4. The molecule has 0 N–H and O–H groups in total. The highest BCUT2D eigenvalue weighted by atomic mass is 15.1. The maximum atomic E-state index is 4.74. The van der Waals surface area contributed by atoms with Crippen LogP contribution in [-0.4, -0.2) is 18.7 Å². The summed E-state index contributed by atoms with van der Waals surface area (Å²) in [5.41, 5.74) is 14.4. The molecule has 5 aromatic carbocycles. The first kappa shape index (κ1) is 26.3. The van der Waals surface area contributed by atoms with Crippen molar-refractivity contribution in [1.29, 1.82) is 0 Å². The van der Waals surface area contributed by atoms with Crippen molar-refractivity contribution in [2.75, 3.05) is 0 Å². The highest BCUT2D eigenvalue weighted by molar-refractivity contribution is 5.87. The Labute approximate surface area is 257 Å². The lowest BCUT2D eigenvalue weighted by Crippen LogP contribution is -2.04. The summed E-state index contributed by atoms with van der Waals surface area (Å²) in [4.78, 5) is 4.74. The number of imidazole rings is 1. The van der Waals surface area contributed by atoms with Crippen molar-refractivity contribution in [3.05, 3.63) is 145 Å². The molecule has 4 nitrogen and oxygen atoms in total. The topological polar surface area (TPSA) is 27.7 Å². The van der Waals surface area contributed by atoms with Crippen molar-refractivity contribution < 1.29 is 0 Å². The SMILES string of the molecule is CCCc1cc(-c2cc(-n3ccc4ccccc43)cc(-n3ccc4ccccc43)c2C)c(C)c(-n2cnc3ccccc32)c1. The van der Waals surface area contributed by atoms with Gasteiger partial charge in [0.05, 0.1) is 33.4 Å². The molecule has 0 spiro atoms. The van der Waals surface area contributed by atoms with E-state index in [2.05, 4.69) is 156 Å². The highest BCUT2D eigenvalue weighted by Gasteiger charge is 2.19. The average molecular weight is 571 g/mol. The molecule has 44 heavy (non-hydrogen) atoms. The third kappa shape index (κ3) is 4.17. The lowest BCUT2D eigenvalue weighted by Gasteiger charge is -2.21. The lowest BCUT2D eigenvalue weighted by molar-refractivity contribution is 0.916. The summed E-state index contributed by atoms with van der Waals surface area (Å²) >= 11 is 0. The normalized spacial score (nSPS) is 11.7. The summed E-state index contributed by atoms with van der Waals surface area (Å²) in [6, 6.07) is 39.5. The largest absolute Gasteiger partial charge is 0.316 e. The average Bonchev–Trinajstić information content (AvgIpc) is 3.79. The van der Waals surface area contributed by atoms with Crippen molar-refractivity contribution in [2.24, 2.45) is 0 Å². The van der Waals surface area contributed by atoms with Gasteiger partial charge in [0.2, 0.25) is 0 Å². The number of benzene rings is 5. The summed E-state index contributed by atoms with van der Waals surface area (Å²) in [5.74, 6) is 0. The van der Waals surface area contributed by atoms with Crippen molar-refractivity contribution in [1.82, 2.24) is 18.7 Å². The molecule has 0 bridgehead atoms. The summed E-state index contributed by atoms with van der Waals surface area (Å²) in [5, 5.41) is 2.47. The zero-order valence-electron chi connectivity index (χ0n) is 25.3. The Hall–Kier alpha value is -5.35. The number of para-hydroxylation sites is 4. The third-order valence-corrected chi connectivity index (χ3v) is 9.08. The van der Waals surface area contributed by atoms with Gasteiger partial charge in [-0.25, -0.2) is 4.98 Å². The van der Waals surface area contributed by atoms with Gasteiger partial charge in [0.25, 0.3) is 0 Å². The number of nitrogens with zero attached hydrogens (tertiary/aromatic N) is 4. The molecule has 0 fully saturated rings. The van der Waals surface area contributed by atoms with Gasteiger partial charge in [0, 0.05) is 18.1 Å². The molecule has 0 aliphatic heterocycles. The van der Waals surface area contributed by atoms with E-state index in [1.54, 1.807) is 0 Å². The molecule has 214 valence electrons. The molecular formula is C40H34N4. The van der Waals surface area contributed by atoms with Crippen molar-refractivity contribution in [2.45, 2.75) is 33.6 Å². The quantitative estimate of drug-likeness (QED) is 0.195. The van der Waals surface area contributed by atoms with Crippen LogP contribution in [0, 0.1) is 13.8 Å². The summed E-state index contributed by atoms with van der Waals surface area (Å²) in [6.45, 7) is 6.79. The minimum atomic E-state index is 1.01. The fourth-order valence-electron chi connectivity index (χ4n) is 6.83. The van der Waals surface area contributed by atoms with Gasteiger partial charge in [-0.2, -0.15) is 0 Å². The van der Waals surface area contributed by atoms with Gasteiger partial charge < -0.3 is 9.13 Å². The van der Waals surface area contributed by atoms with Crippen LogP contribution in [0.2, 0.25) is 0 Å². The Morgan fingerprint density at radius 3 is 1.89 bits per heavy atom. The number of hydrogen-bond acceptors (Lipinski definition) is 1. The van der Waals surface area contributed by atoms with E-state index in [0.29, 0.717) is 0 Å². The molecule has 0 aliphatic carbocycles. The van der Waals surface area contributed by atoms with E-state index >= 15 is 0 Å². The number of aryl methyl sites for hydroxylation is 1. The minimum Gasteiger partial charge on any atom is -0.316 e. The molecule has 3 heterocycles. The second-order valence-electron chi connectivity index (χ2n) is 11.8. The smallest absolute Gasteiger partial charge is 0.100 e. The maximum Gasteiger partial charge on any atom is 0.100 e. The number of fused-ring (bicyclic) bond motifs is 3. The van der Waals surface area contributed by atoms with Crippen LogP contribution in [-0.2, 0) is 6.42 Å². The second-order valence-corrected chi connectivity index (χ2v) is 11.8. The predicted molar refractivity (Wildman–Crippen MR) is 184 cm³/mol. The Bertz CT molecular complexity index is 2330. The molecule has 8 aromatic rings. The summed E-state index contributed by atoms with van der Waals surface area (Å²) < 4.78 is 6.92. The van der Waals surface area contributed by atoms with E-state index in [1.165, 1.54) is 61.0 Å². The van der Waals surface area contributed by atoms with Gasteiger partial charge in [-0.05, 0) is 113 Å². The van der Waals surface area contributed by atoms with Crippen LogP contribution >= 0.6 is 0 Å². The van der Waals surface area contributed by atoms with Crippen LogP contribution in [0.15, 0.2) is 128 Å². The maximum absolute atomic E-state index is 4.74. The molecule has 0 radical (unpaired) electrons. The van der Waals surface area contributed by atoms with Crippen LogP contribution in [0.1, 0.15) is 30.0 Å². The third-order valence-electron chi connectivity index (χ3n) is 9.08. The van der Waals surface area contributed by atoms with E-state index in [-0.39, 0.29) is 0 Å². The molecule has 3 aromatic heterocycles. The number of rotatable bonds is 6. The van der Waals surface area contributed by atoms with E-state index in [4.69, 9.17) is 4.98 Å². The van der Waals surface area contributed by atoms with E-state index < -0.39 is 0 Å². The highest BCUT2D eigenvalue weighted by Crippen LogP contribution is 2.38. The molecule has 0 unspecified atom stereocenters. The van der Waals surface area contributed by atoms with Crippen molar-refractivity contribution >= 4 is 32.8 Å². The lowest BCUT2D eigenvalue weighted by atomic mass is 9.91. The van der Waals surface area contributed by atoms with Gasteiger partial charge in [0.15, 0.2) is 0 Å². The second kappa shape index (κ2) is 10.4. The van der Waals surface area contributed by atoms with Gasteiger partial charge in [0.1, 0.15) is 6.33 Å². The van der Waals surface area contributed by atoms with Crippen LogP contribution in [0.25, 0.3) is 61.0 Å². The molecule has 4 heteroatoms. The monoisotopic (exact) mass is 570 g/mol. The molecule has 0 amide bonds. The van der Waals surface area contributed by atoms with Crippen molar-refractivity contribution in [3.63, 3.8) is 0 Å². The summed E-state index contributed by atoms with van der Waals surface area (Å²) in [7, 11) is 0. The Balaban J connectivity index is 1.43. The van der Waals surface area contributed by atoms with Crippen LogP contribution < -0.4 is 0 Å². The van der Waals surface area contributed by atoms with Gasteiger partial charge in [-0.15, -0.1) is 0 Å². The molecule has 0 saturated heterocycles. The first-order chi connectivity index (χ1) is 21.6. The first-order valence-electron chi connectivity index (χ1n) is 15.4. The standard InChI is InChI=1S/C40H34N4/c1-4-11-29-22-33(27(2)39(23-29)44-26-41-35-14-7-10-17-38(35)44)34-24-32(42-20-18-30-12-5-8-15-36(30)42)25-40(28(34)3)43-21-19-31-13-6-9-16-37(31)43/h5-10,12-26H,4,11H2,1-3H3. The zero-order valence-corrected chi connectivity index (χ0v) is 25.3.